The fourth-order valence-electron chi connectivity index (χ4n) is 2.32. The first kappa shape index (κ1) is 13.9. The van der Waals surface area contributed by atoms with Crippen LogP contribution >= 0.6 is 0 Å². The molecule has 1 heterocycles. The van der Waals surface area contributed by atoms with Gasteiger partial charge in [0.1, 0.15) is 11.5 Å². The van der Waals surface area contributed by atoms with Crippen molar-refractivity contribution in [2.24, 2.45) is 0 Å². The molecule has 0 aliphatic heterocycles. The molecule has 0 aliphatic rings. The van der Waals surface area contributed by atoms with Gasteiger partial charge in [-0.1, -0.05) is 17.3 Å². The fraction of sp³-hybridized carbons (Fsp3) is 0.125. The van der Waals surface area contributed by atoms with Gasteiger partial charge in [-0.25, -0.2) is 4.79 Å². The molecule has 3 rings (SSSR count). The minimum Gasteiger partial charge on any atom is -0.497 e. The monoisotopic (exact) mass is 299 g/mol. The Morgan fingerprint density at radius 2 is 1.91 bits per heavy atom. The van der Waals surface area contributed by atoms with E-state index in [0.717, 1.165) is 10.8 Å². The van der Waals surface area contributed by atoms with E-state index < -0.39 is 5.97 Å². The first-order valence-electron chi connectivity index (χ1n) is 6.49. The smallest absolute Gasteiger partial charge is 0.358 e. The number of hydrogen-bond acceptors (Lipinski definition) is 5. The van der Waals surface area contributed by atoms with Crippen molar-refractivity contribution in [3.05, 3.63) is 42.1 Å². The summed E-state index contributed by atoms with van der Waals surface area (Å²) < 4.78 is 15.8. The molecule has 22 heavy (non-hydrogen) atoms. The highest BCUT2D eigenvalue weighted by Crippen LogP contribution is 2.38. The van der Waals surface area contributed by atoms with E-state index in [1.165, 1.54) is 6.07 Å². The van der Waals surface area contributed by atoms with E-state index >= 15 is 0 Å². The molecule has 0 saturated heterocycles. The van der Waals surface area contributed by atoms with Gasteiger partial charge in [-0.2, -0.15) is 0 Å². The predicted octanol–water partition coefficient (Wildman–Crippen LogP) is 3.21. The largest absolute Gasteiger partial charge is 0.497 e. The van der Waals surface area contributed by atoms with Crippen molar-refractivity contribution in [3.8, 4) is 22.8 Å². The third-order valence-corrected chi connectivity index (χ3v) is 3.39. The van der Waals surface area contributed by atoms with Crippen LogP contribution in [0.3, 0.4) is 0 Å². The number of methoxy groups -OCH3 is 2. The van der Waals surface area contributed by atoms with Crippen LogP contribution < -0.4 is 9.47 Å². The van der Waals surface area contributed by atoms with Gasteiger partial charge in [-0.3, -0.25) is 0 Å². The lowest BCUT2D eigenvalue weighted by molar-refractivity contribution is 0.0686. The molecule has 0 amide bonds. The Labute approximate surface area is 125 Å². The van der Waals surface area contributed by atoms with Gasteiger partial charge in [0.25, 0.3) is 0 Å². The van der Waals surface area contributed by atoms with E-state index in [2.05, 4.69) is 5.16 Å². The lowest BCUT2D eigenvalue weighted by atomic mass is 10.0. The second-order valence-electron chi connectivity index (χ2n) is 4.61. The highest BCUT2D eigenvalue weighted by atomic mass is 16.5. The first-order chi connectivity index (χ1) is 10.6. The number of carbonyl (C=O) groups is 1. The number of aromatic nitrogens is 1. The van der Waals surface area contributed by atoms with Gasteiger partial charge in [0.2, 0.25) is 0 Å². The molecule has 0 aliphatic carbocycles. The van der Waals surface area contributed by atoms with Crippen molar-refractivity contribution in [3.63, 3.8) is 0 Å². The summed E-state index contributed by atoms with van der Waals surface area (Å²) in [6, 6.07) is 10.7. The Morgan fingerprint density at radius 3 is 2.55 bits per heavy atom. The molecule has 0 radical (unpaired) electrons. The molecule has 0 saturated carbocycles. The number of benzene rings is 2. The number of rotatable bonds is 4. The number of fused-ring (bicyclic) bond motifs is 1. The van der Waals surface area contributed by atoms with E-state index in [1.54, 1.807) is 20.3 Å². The number of carboxylic acids is 1. The molecule has 3 aromatic rings. The zero-order valence-electron chi connectivity index (χ0n) is 12.0. The van der Waals surface area contributed by atoms with Crippen molar-refractivity contribution in [2.75, 3.05) is 14.2 Å². The molecule has 0 spiro atoms. The van der Waals surface area contributed by atoms with Gasteiger partial charge in [0.15, 0.2) is 11.5 Å². The standard InChI is InChI=1S/C16H13NO5/c1-20-10-5-3-9-4-6-13(21-2)15(11(9)7-10)14-8-12(16(18)19)17-22-14/h3-8H,1-2H3,(H,18,19). The minimum absolute atomic E-state index is 0.156. The molecule has 112 valence electrons. The van der Waals surface area contributed by atoms with E-state index in [4.69, 9.17) is 19.1 Å². The summed E-state index contributed by atoms with van der Waals surface area (Å²) in [5.41, 5.74) is 0.482. The topological polar surface area (TPSA) is 81.8 Å². The van der Waals surface area contributed by atoms with Crippen LogP contribution in [0.15, 0.2) is 40.9 Å². The summed E-state index contributed by atoms with van der Waals surface area (Å²) in [5.74, 6) is 0.425. The van der Waals surface area contributed by atoms with Gasteiger partial charge in [-0.05, 0) is 23.6 Å². The van der Waals surface area contributed by atoms with Crippen LogP contribution in [0.4, 0.5) is 0 Å². The second-order valence-corrected chi connectivity index (χ2v) is 4.61. The number of nitrogens with zero attached hydrogens (tertiary/aromatic N) is 1. The normalized spacial score (nSPS) is 10.6. The summed E-state index contributed by atoms with van der Waals surface area (Å²) in [6.07, 6.45) is 0. The molecule has 1 aromatic heterocycles. The van der Waals surface area contributed by atoms with E-state index in [0.29, 0.717) is 22.8 Å². The maximum absolute atomic E-state index is 11.0. The molecule has 0 bridgehead atoms. The van der Waals surface area contributed by atoms with E-state index in [1.807, 2.05) is 24.3 Å². The molecule has 6 nitrogen and oxygen atoms in total. The van der Waals surface area contributed by atoms with Gasteiger partial charge in [-0.15, -0.1) is 0 Å². The van der Waals surface area contributed by atoms with Crippen LogP contribution in [0.25, 0.3) is 22.1 Å². The molecular weight excluding hydrogens is 286 g/mol. The Hall–Kier alpha value is -3.02. The number of ether oxygens (including phenoxy) is 2. The fourth-order valence-corrected chi connectivity index (χ4v) is 2.32. The Kier molecular flexibility index (Phi) is 3.42. The lowest BCUT2D eigenvalue weighted by Crippen LogP contribution is -1.94. The average Bonchev–Trinajstić information content (AvgIpc) is 3.02. The maximum atomic E-state index is 11.0. The molecular formula is C16H13NO5. The van der Waals surface area contributed by atoms with E-state index in [-0.39, 0.29) is 5.69 Å². The quantitative estimate of drug-likeness (QED) is 0.796. The maximum Gasteiger partial charge on any atom is 0.358 e. The second kappa shape index (κ2) is 5.40. The van der Waals surface area contributed by atoms with Crippen LogP contribution in [0.2, 0.25) is 0 Å². The molecule has 0 atom stereocenters. The zero-order valence-corrected chi connectivity index (χ0v) is 12.0. The third-order valence-electron chi connectivity index (χ3n) is 3.39. The van der Waals surface area contributed by atoms with Gasteiger partial charge in [0.05, 0.1) is 19.8 Å². The van der Waals surface area contributed by atoms with Gasteiger partial charge >= 0.3 is 5.97 Å². The molecule has 6 heteroatoms. The van der Waals surface area contributed by atoms with Crippen molar-refractivity contribution in [1.29, 1.82) is 0 Å². The summed E-state index contributed by atoms with van der Waals surface area (Å²) in [6.45, 7) is 0. The molecule has 2 aromatic carbocycles. The van der Waals surface area contributed by atoms with Crippen LogP contribution in [-0.4, -0.2) is 30.5 Å². The average molecular weight is 299 g/mol. The zero-order chi connectivity index (χ0) is 15.7. The van der Waals surface area contributed by atoms with Crippen molar-refractivity contribution >= 4 is 16.7 Å². The highest BCUT2D eigenvalue weighted by molar-refractivity contribution is 6.00. The van der Waals surface area contributed by atoms with Crippen molar-refractivity contribution in [1.82, 2.24) is 5.16 Å². The molecule has 0 unspecified atom stereocenters. The predicted molar refractivity (Wildman–Crippen MR) is 79.5 cm³/mol. The number of aromatic carboxylic acids is 1. The molecule has 1 N–H and O–H groups in total. The first-order valence-corrected chi connectivity index (χ1v) is 6.49. The van der Waals surface area contributed by atoms with Crippen molar-refractivity contribution < 1.29 is 23.9 Å². The SMILES string of the molecule is COc1ccc2ccc(OC)c(-c3cc(C(=O)O)no3)c2c1. The Balaban J connectivity index is 2.30. The Morgan fingerprint density at radius 1 is 1.14 bits per heavy atom. The molecule has 0 fully saturated rings. The van der Waals surface area contributed by atoms with Crippen LogP contribution in [0.1, 0.15) is 10.5 Å². The van der Waals surface area contributed by atoms with Crippen LogP contribution in [0.5, 0.6) is 11.5 Å². The lowest BCUT2D eigenvalue weighted by Gasteiger charge is -2.10. The number of hydrogen-bond donors (Lipinski definition) is 1. The third kappa shape index (κ3) is 2.24. The van der Waals surface area contributed by atoms with Gasteiger partial charge in [0, 0.05) is 11.5 Å². The summed E-state index contributed by atoms with van der Waals surface area (Å²) >= 11 is 0. The van der Waals surface area contributed by atoms with Gasteiger partial charge < -0.3 is 19.1 Å². The van der Waals surface area contributed by atoms with E-state index in [9.17, 15) is 4.79 Å². The summed E-state index contributed by atoms with van der Waals surface area (Å²) in [5, 5.41) is 14.3. The minimum atomic E-state index is -1.15. The summed E-state index contributed by atoms with van der Waals surface area (Å²) in [7, 11) is 3.12. The summed E-state index contributed by atoms with van der Waals surface area (Å²) in [4.78, 5) is 11.0. The number of carboxylic acid groups (broad SMARTS) is 1. The van der Waals surface area contributed by atoms with Crippen LogP contribution in [0, 0.1) is 0 Å². The van der Waals surface area contributed by atoms with Crippen LogP contribution in [-0.2, 0) is 0 Å². The highest BCUT2D eigenvalue weighted by Gasteiger charge is 2.18. The van der Waals surface area contributed by atoms with Crippen molar-refractivity contribution in [2.45, 2.75) is 0 Å². The Bertz CT molecular complexity index is 848.